The summed E-state index contributed by atoms with van der Waals surface area (Å²) in [6.07, 6.45) is 16.4. The number of esters is 2. The number of aryl methyl sites for hydroxylation is 1. The van der Waals surface area contributed by atoms with Gasteiger partial charge in [0.2, 0.25) is 0 Å². The molecule has 67 heavy (non-hydrogen) atoms. The number of benzene rings is 4. The molecular weight excluding hydrogens is 825 g/mol. The van der Waals surface area contributed by atoms with Crippen molar-refractivity contribution in [2.75, 3.05) is 39.4 Å². The zero-order valence-electron chi connectivity index (χ0n) is 43.2. The molecule has 0 N–H and O–H groups in total. The predicted molar refractivity (Wildman–Crippen MR) is 282 cm³/mol. The lowest BCUT2D eigenvalue weighted by Gasteiger charge is -2.34. The van der Waals surface area contributed by atoms with E-state index in [0.29, 0.717) is 24.0 Å². The predicted octanol–water partition coefficient (Wildman–Crippen LogP) is 14.9. The molecule has 0 aromatic heterocycles. The average molecular weight is 911 g/mol. The van der Waals surface area contributed by atoms with Crippen LogP contribution in [0.4, 0.5) is 0 Å². The zero-order chi connectivity index (χ0) is 48.1. The van der Waals surface area contributed by atoms with E-state index in [4.69, 9.17) is 9.47 Å². The monoisotopic (exact) mass is 911 g/mol. The fourth-order valence-electron chi connectivity index (χ4n) is 10.8. The van der Waals surface area contributed by atoms with Gasteiger partial charge in [0.15, 0.2) is 0 Å². The summed E-state index contributed by atoms with van der Waals surface area (Å²) in [5, 5.41) is 5.23. The fourth-order valence-corrected chi connectivity index (χ4v) is 10.8. The summed E-state index contributed by atoms with van der Waals surface area (Å²) in [5.74, 6) is 1.90. The normalized spacial score (nSPS) is 19.6. The van der Waals surface area contributed by atoms with Gasteiger partial charge in [-0.05, 0) is 203 Å². The molecule has 2 aliphatic carbocycles. The molecule has 2 heterocycles. The largest absolute Gasteiger partial charge is 0.466 e. The molecule has 4 aliphatic rings. The highest BCUT2D eigenvalue weighted by Gasteiger charge is 2.29. The van der Waals surface area contributed by atoms with Crippen LogP contribution in [0.5, 0.6) is 0 Å². The van der Waals surface area contributed by atoms with Gasteiger partial charge in [-0.25, -0.2) is 0 Å². The van der Waals surface area contributed by atoms with E-state index in [1.54, 1.807) is 5.57 Å². The molecule has 4 aromatic rings. The van der Waals surface area contributed by atoms with Crippen LogP contribution in [0.3, 0.4) is 0 Å². The maximum absolute atomic E-state index is 12.0. The maximum Gasteiger partial charge on any atom is 0.309 e. The number of likely N-dealkylation sites (tertiary alicyclic amines) is 2. The van der Waals surface area contributed by atoms with E-state index in [1.807, 2.05) is 13.8 Å². The van der Waals surface area contributed by atoms with Crippen LogP contribution >= 0.6 is 0 Å². The van der Waals surface area contributed by atoms with Gasteiger partial charge in [0.05, 0.1) is 25.0 Å². The topological polar surface area (TPSA) is 59.1 Å². The summed E-state index contributed by atoms with van der Waals surface area (Å²) in [5.41, 5.74) is 9.35. The van der Waals surface area contributed by atoms with Crippen LogP contribution in [-0.2, 0) is 32.2 Å². The van der Waals surface area contributed by atoms with Crippen LogP contribution in [0.25, 0.3) is 27.6 Å². The van der Waals surface area contributed by atoms with E-state index in [9.17, 15) is 9.59 Å². The summed E-state index contributed by atoms with van der Waals surface area (Å²) >= 11 is 0. The fraction of sp³-hybridized carbons (Fsp3) is 0.574. The van der Waals surface area contributed by atoms with E-state index in [2.05, 4.69) is 144 Å². The second kappa shape index (κ2) is 24.3. The standard InChI is InChI=1S/C30H41NO2.C20H25NO2.C11H20/c1-5-33-29(32)25-14-16-31(17-15-25)21-24-7-11-26-19-23(6-10-27(26)20-24)18-22-8-12-28(13-9-22)30(2,3)4;1-3-23-20(22)17-8-10-21(11-9-17)14-16-5-7-18-12-15(2)4-6-19(18)13-16;1-9-5-7-10(8-6-9)11(2,3)4/h6-7,10-11,18-20,25,28H,5,8-9,12-17,21H2,1-4H3;4-7,12-13,17H,3,8-11,14H2,1-2H3;10H,1,5-8H2,2-4H3. The minimum Gasteiger partial charge on any atom is -0.466 e. The van der Waals surface area contributed by atoms with Crippen molar-refractivity contribution in [3.63, 3.8) is 0 Å². The Hall–Kier alpha value is -4.26. The Bertz CT molecular complexity index is 2260. The van der Waals surface area contributed by atoms with Crippen molar-refractivity contribution < 1.29 is 19.1 Å². The van der Waals surface area contributed by atoms with E-state index < -0.39 is 0 Å². The van der Waals surface area contributed by atoms with Crippen molar-refractivity contribution in [3.05, 3.63) is 113 Å². The number of allylic oxidation sites excluding steroid dienone is 2. The van der Waals surface area contributed by atoms with Crippen LogP contribution < -0.4 is 0 Å². The first-order chi connectivity index (χ1) is 32.0. The highest BCUT2D eigenvalue weighted by molar-refractivity contribution is 5.86. The highest BCUT2D eigenvalue weighted by Crippen LogP contribution is 2.41. The highest BCUT2D eigenvalue weighted by atomic mass is 16.5. The number of rotatable bonds is 9. The molecule has 0 bridgehead atoms. The first-order valence-corrected chi connectivity index (χ1v) is 26.1. The number of carbonyl (C=O) groups is 2. The van der Waals surface area contributed by atoms with Gasteiger partial charge in [-0.15, -0.1) is 0 Å². The molecule has 0 atom stereocenters. The third-order valence-corrected chi connectivity index (χ3v) is 15.4. The zero-order valence-corrected chi connectivity index (χ0v) is 43.2. The number of hydrogen-bond donors (Lipinski definition) is 0. The van der Waals surface area contributed by atoms with Crippen molar-refractivity contribution in [3.8, 4) is 0 Å². The van der Waals surface area contributed by atoms with Crippen molar-refractivity contribution in [1.82, 2.24) is 9.80 Å². The Morgan fingerprint density at radius 3 is 1.42 bits per heavy atom. The van der Waals surface area contributed by atoms with Gasteiger partial charge in [0, 0.05) is 13.1 Å². The quantitative estimate of drug-likeness (QED) is 0.123. The average Bonchev–Trinajstić information content (AvgIpc) is 3.30. The van der Waals surface area contributed by atoms with Crippen molar-refractivity contribution in [2.24, 2.45) is 34.5 Å². The van der Waals surface area contributed by atoms with Crippen molar-refractivity contribution in [2.45, 2.75) is 152 Å². The molecule has 2 saturated heterocycles. The second-order valence-electron chi connectivity index (χ2n) is 22.6. The smallest absolute Gasteiger partial charge is 0.309 e. The van der Waals surface area contributed by atoms with Crippen LogP contribution in [0.2, 0.25) is 0 Å². The molecule has 0 amide bonds. The van der Waals surface area contributed by atoms with Crippen molar-refractivity contribution >= 4 is 39.6 Å². The third-order valence-electron chi connectivity index (χ3n) is 15.4. The Balaban J connectivity index is 0.000000188. The van der Waals surface area contributed by atoms with Gasteiger partial charge in [0.1, 0.15) is 0 Å². The summed E-state index contributed by atoms with van der Waals surface area (Å²) in [6.45, 7) is 30.8. The molecule has 0 spiro atoms. The molecule has 8 rings (SSSR count). The van der Waals surface area contributed by atoms with Gasteiger partial charge in [-0.1, -0.05) is 126 Å². The maximum atomic E-state index is 12.0. The van der Waals surface area contributed by atoms with Gasteiger partial charge < -0.3 is 9.47 Å². The van der Waals surface area contributed by atoms with Crippen LogP contribution in [0.1, 0.15) is 155 Å². The van der Waals surface area contributed by atoms with Crippen LogP contribution in [0, 0.1) is 41.4 Å². The lowest BCUT2D eigenvalue weighted by molar-refractivity contribution is -0.150. The minimum absolute atomic E-state index is 0.0177. The van der Waals surface area contributed by atoms with E-state index in [0.717, 1.165) is 76.8 Å². The molecule has 4 fully saturated rings. The molecule has 4 aromatic carbocycles. The van der Waals surface area contributed by atoms with E-state index in [-0.39, 0.29) is 23.8 Å². The van der Waals surface area contributed by atoms with Crippen LogP contribution in [0.15, 0.2) is 90.5 Å². The first-order valence-electron chi connectivity index (χ1n) is 26.1. The molecule has 2 saturated carbocycles. The Morgan fingerprint density at radius 2 is 0.970 bits per heavy atom. The number of ether oxygens (including phenoxy) is 2. The summed E-state index contributed by atoms with van der Waals surface area (Å²) in [6, 6.07) is 27.1. The molecule has 6 heteroatoms. The summed E-state index contributed by atoms with van der Waals surface area (Å²) < 4.78 is 10.3. The Kier molecular flexibility index (Phi) is 18.9. The molecular formula is C61H86N2O4. The number of fused-ring (bicyclic) bond motifs is 2. The number of nitrogens with zero attached hydrogens (tertiary/aromatic N) is 2. The van der Waals surface area contributed by atoms with Crippen molar-refractivity contribution in [1.29, 1.82) is 0 Å². The van der Waals surface area contributed by atoms with Gasteiger partial charge in [-0.2, -0.15) is 0 Å². The molecule has 0 unspecified atom stereocenters. The second-order valence-corrected chi connectivity index (χ2v) is 22.6. The van der Waals surface area contributed by atoms with Gasteiger partial charge >= 0.3 is 11.9 Å². The lowest BCUT2D eigenvalue weighted by atomic mass is 9.71. The Morgan fingerprint density at radius 1 is 0.567 bits per heavy atom. The molecule has 2 aliphatic heterocycles. The number of piperidine rings is 2. The molecule has 0 radical (unpaired) electrons. The van der Waals surface area contributed by atoms with E-state index in [1.165, 1.54) is 101 Å². The summed E-state index contributed by atoms with van der Waals surface area (Å²) in [4.78, 5) is 28.7. The Labute approximate surface area is 405 Å². The number of carbonyl (C=O) groups excluding carboxylic acids is 2. The minimum atomic E-state index is -0.0202. The van der Waals surface area contributed by atoms with Gasteiger partial charge in [-0.3, -0.25) is 19.4 Å². The third kappa shape index (κ3) is 15.9. The van der Waals surface area contributed by atoms with Crippen LogP contribution in [-0.4, -0.2) is 61.1 Å². The summed E-state index contributed by atoms with van der Waals surface area (Å²) in [7, 11) is 0. The number of hydrogen-bond acceptors (Lipinski definition) is 6. The van der Waals surface area contributed by atoms with E-state index >= 15 is 0 Å². The van der Waals surface area contributed by atoms with Gasteiger partial charge in [0.25, 0.3) is 0 Å². The molecule has 6 nitrogen and oxygen atoms in total. The lowest BCUT2D eigenvalue weighted by Crippen LogP contribution is -2.36. The SMILES string of the molecule is C=C1CCC(C(C)(C)C)CC1.CCOC(=O)C1CCN(Cc2ccc3cc(C)ccc3c2)CC1.CCOC(=O)C1CCN(Cc2ccc3cc(C=C4CCC(C(C)(C)C)CC4)ccc3c2)CC1. The first kappa shape index (κ1) is 52.1. The molecule has 364 valence electrons.